The Labute approximate surface area is 181 Å². The first-order valence-electron chi connectivity index (χ1n) is 10.3. The number of nitrogens with zero attached hydrogens (tertiary/aromatic N) is 3. The summed E-state index contributed by atoms with van der Waals surface area (Å²) >= 11 is 0. The van der Waals surface area contributed by atoms with E-state index in [2.05, 4.69) is 5.10 Å². The molecule has 7 heteroatoms. The zero-order chi connectivity index (χ0) is 21.8. The van der Waals surface area contributed by atoms with Gasteiger partial charge in [0.2, 0.25) is 5.91 Å². The summed E-state index contributed by atoms with van der Waals surface area (Å²) in [5.41, 5.74) is 4.38. The van der Waals surface area contributed by atoms with Crippen molar-refractivity contribution in [1.82, 2.24) is 14.7 Å². The maximum Gasteiger partial charge on any atom is 0.247 e. The number of aryl methyl sites for hydroxylation is 1. The van der Waals surface area contributed by atoms with E-state index in [1.165, 1.54) is 11.3 Å². The second-order valence-corrected chi connectivity index (χ2v) is 7.57. The monoisotopic (exact) mass is 421 g/mol. The molecule has 0 fully saturated rings. The summed E-state index contributed by atoms with van der Waals surface area (Å²) in [5, 5.41) is 4.68. The molecule has 2 heterocycles. The van der Waals surface area contributed by atoms with Gasteiger partial charge in [0.05, 0.1) is 39.3 Å². The highest BCUT2D eigenvalue weighted by molar-refractivity contribution is 5.91. The fourth-order valence-corrected chi connectivity index (χ4v) is 4.04. The minimum absolute atomic E-state index is 0.108. The van der Waals surface area contributed by atoms with Gasteiger partial charge in [-0.25, -0.2) is 0 Å². The highest BCUT2D eigenvalue weighted by Gasteiger charge is 2.24. The van der Waals surface area contributed by atoms with Crippen LogP contribution in [-0.2, 0) is 37.8 Å². The van der Waals surface area contributed by atoms with Crippen LogP contribution < -0.4 is 9.47 Å². The van der Waals surface area contributed by atoms with E-state index in [0.717, 1.165) is 36.3 Å². The molecule has 0 unspecified atom stereocenters. The Balaban J connectivity index is 1.56. The Morgan fingerprint density at radius 2 is 2.03 bits per heavy atom. The van der Waals surface area contributed by atoms with Gasteiger partial charge in [0, 0.05) is 18.8 Å². The van der Waals surface area contributed by atoms with E-state index in [0.29, 0.717) is 24.6 Å². The second kappa shape index (κ2) is 9.12. The molecule has 0 saturated carbocycles. The van der Waals surface area contributed by atoms with Crippen molar-refractivity contribution >= 4 is 12.0 Å². The van der Waals surface area contributed by atoms with Crippen LogP contribution in [0.3, 0.4) is 0 Å². The van der Waals surface area contributed by atoms with Gasteiger partial charge in [-0.3, -0.25) is 9.48 Å². The number of hydrogen-bond acceptors (Lipinski definition) is 5. The second-order valence-electron chi connectivity index (χ2n) is 7.57. The number of fused-ring (bicyclic) bond motifs is 1. The molecule has 1 aliphatic carbocycles. The quantitative estimate of drug-likeness (QED) is 0.518. The van der Waals surface area contributed by atoms with Crippen molar-refractivity contribution in [3.8, 4) is 11.5 Å². The van der Waals surface area contributed by atoms with E-state index in [9.17, 15) is 4.79 Å². The summed E-state index contributed by atoms with van der Waals surface area (Å²) in [7, 11) is 5.16. The number of furan rings is 1. The van der Waals surface area contributed by atoms with Crippen LogP contribution >= 0.6 is 0 Å². The summed E-state index contributed by atoms with van der Waals surface area (Å²) in [6.45, 7) is 0.826. The topological polar surface area (TPSA) is 69.7 Å². The molecule has 0 saturated heterocycles. The lowest BCUT2D eigenvalue weighted by Gasteiger charge is -2.19. The first-order valence-corrected chi connectivity index (χ1v) is 10.3. The summed E-state index contributed by atoms with van der Waals surface area (Å²) in [6, 6.07) is 9.25. The predicted molar refractivity (Wildman–Crippen MR) is 117 cm³/mol. The van der Waals surface area contributed by atoms with E-state index >= 15 is 0 Å². The summed E-state index contributed by atoms with van der Waals surface area (Å²) in [4.78, 5) is 14.9. The first kappa shape index (κ1) is 20.8. The van der Waals surface area contributed by atoms with Crippen LogP contribution in [0, 0.1) is 0 Å². The van der Waals surface area contributed by atoms with Crippen LogP contribution in [0.4, 0.5) is 0 Å². The lowest BCUT2D eigenvalue weighted by molar-refractivity contribution is -0.127. The standard InChI is InChI=1S/C24H27N3O4/c1-26-21-8-4-7-19(21)20(25-26)16-27(15-18-6-5-13-31-18)24(28)12-10-17-9-11-22(29-2)23(14-17)30-3/h5-6,9-14H,4,7-8,15-16H2,1-3H3. The maximum atomic E-state index is 13.1. The summed E-state index contributed by atoms with van der Waals surface area (Å²) < 4.78 is 18.1. The molecule has 1 aromatic carbocycles. The van der Waals surface area contributed by atoms with E-state index < -0.39 is 0 Å². The van der Waals surface area contributed by atoms with Gasteiger partial charge in [0.15, 0.2) is 11.5 Å². The van der Waals surface area contributed by atoms with Gasteiger partial charge in [0.25, 0.3) is 0 Å². The zero-order valence-electron chi connectivity index (χ0n) is 18.1. The van der Waals surface area contributed by atoms with Crippen molar-refractivity contribution in [3.05, 3.63) is 70.9 Å². The Morgan fingerprint density at radius 1 is 1.19 bits per heavy atom. The molecule has 0 bridgehead atoms. The lowest BCUT2D eigenvalue weighted by Crippen LogP contribution is -2.29. The highest BCUT2D eigenvalue weighted by Crippen LogP contribution is 2.28. The molecule has 2 aromatic heterocycles. The fourth-order valence-electron chi connectivity index (χ4n) is 4.04. The van der Waals surface area contributed by atoms with Gasteiger partial charge >= 0.3 is 0 Å². The van der Waals surface area contributed by atoms with Crippen molar-refractivity contribution in [2.75, 3.05) is 14.2 Å². The molecule has 0 atom stereocenters. The van der Waals surface area contributed by atoms with Gasteiger partial charge in [-0.15, -0.1) is 0 Å². The Kier molecular flexibility index (Phi) is 6.11. The van der Waals surface area contributed by atoms with E-state index in [1.807, 2.05) is 42.1 Å². The van der Waals surface area contributed by atoms with E-state index in [4.69, 9.17) is 13.9 Å². The molecule has 0 N–H and O–H groups in total. The average Bonchev–Trinajstić information content (AvgIpc) is 3.52. The Morgan fingerprint density at radius 3 is 2.77 bits per heavy atom. The summed E-state index contributed by atoms with van der Waals surface area (Å²) in [6.07, 6.45) is 8.18. The fraction of sp³-hybridized carbons (Fsp3) is 0.333. The molecule has 0 spiro atoms. The molecule has 7 nitrogen and oxygen atoms in total. The Bertz CT molecular complexity index is 1080. The third-order valence-corrected chi connectivity index (χ3v) is 5.60. The van der Waals surface area contributed by atoms with Crippen LogP contribution in [0.15, 0.2) is 47.1 Å². The smallest absolute Gasteiger partial charge is 0.247 e. The van der Waals surface area contributed by atoms with Crippen molar-refractivity contribution in [3.63, 3.8) is 0 Å². The number of hydrogen-bond donors (Lipinski definition) is 0. The van der Waals surface area contributed by atoms with Crippen LogP contribution in [0.5, 0.6) is 11.5 Å². The zero-order valence-corrected chi connectivity index (χ0v) is 18.1. The molecule has 1 aliphatic rings. The van der Waals surface area contributed by atoms with Crippen LogP contribution in [0.2, 0.25) is 0 Å². The van der Waals surface area contributed by atoms with Crippen LogP contribution in [0.1, 0.15) is 34.7 Å². The number of benzene rings is 1. The third-order valence-electron chi connectivity index (χ3n) is 5.60. The van der Waals surface area contributed by atoms with Gasteiger partial charge in [-0.2, -0.15) is 5.10 Å². The minimum atomic E-state index is -0.108. The molecular weight excluding hydrogens is 394 g/mol. The number of ether oxygens (including phenoxy) is 2. The van der Waals surface area contributed by atoms with Crippen LogP contribution in [0.25, 0.3) is 6.08 Å². The van der Waals surface area contributed by atoms with Gasteiger partial charge < -0.3 is 18.8 Å². The van der Waals surface area contributed by atoms with Crippen molar-refractivity contribution in [2.24, 2.45) is 7.05 Å². The Hall–Kier alpha value is -3.48. The predicted octanol–water partition coefficient (Wildman–Crippen LogP) is 3.76. The molecule has 3 aromatic rings. The number of amides is 1. The van der Waals surface area contributed by atoms with Gasteiger partial charge in [-0.05, 0) is 60.7 Å². The normalized spacial score (nSPS) is 12.9. The van der Waals surface area contributed by atoms with Gasteiger partial charge in [-0.1, -0.05) is 6.07 Å². The number of carbonyl (C=O) groups is 1. The van der Waals surface area contributed by atoms with E-state index in [1.54, 1.807) is 37.5 Å². The summed E-state index contributed by atoms with van der Waals surface area (Å²) in [5.74, 6) is 1.90. The minimum Gasteiger partial charge on any atom is -0.493 e. The van der Waals surface area contributed by atoms with Gasteiger partial charge in [0.1, 0.15) is 5.76 Å². The van der Waals surface area contributed by atoms with Crippen LogP contribution in [-0.4, -0.2) is 34.8 Å². The maximum absolute atomic E-state index is 13.1. The van der Waals surface area contributed by atoms with Crippen molar-refractivity contribution in [1.29, 1.82) is 0 Å². The number of aromatic nitrogens is 2. The lowest BCUT2D eigenvalue weighted by atomic mass is 10.1. The largest absolute Gasteiger partial charge is 0.493 e. The highest BCUT2D eigenvalue weighted by atomic mass is 16.5. The molecule has 1 amide bonds. The molecule has 0 aliphatic heterocycles. The number of carbonyl (C=O) groups excluding carboxylic acids is 1. The number of methoxy groups -OCH3 is 2. The molecular formula is C24H27N3O4. The van der Waals surface area contributed by atoms with Crippen molar-refractivity contribution in [2.45, 2.75) is 32.4 Å². The first-order chi connectivity index (χ1) is 15.1. The van der Waals surface area contributed by atoms with Crippen molar-refractivity contribution < 1.29 is 18.7 Å². The SMILES string of the molecule is COc1ccc(C=CC(=O)N(Cc2ccco2)Cc2nn(C)c3c2CCC3)cc1OC. The molecule has 162 valence electrons. The van der Waals surface area contributed by atoms with E-state index in [-0.39, 0.29) is 5.91 Å². The average molecular weight is 421 g/mol. The molecule has 4 rings (SSSR count). The molecule has 0 radical (unpaired) electrons. The number of rotatable bonds is 8. The molecule has 31 heavy (non-hydrogen) atoms. The third kappa shape index (κ3) is 4.50.